The van der Waals surface area contributed by atoms with Gasteiger partial charge in [-0.15, -0.1) is 0 Å². The van der Waals surface area contributed by atoms with Crippen LogP contribution in [-0.2, 0) is 25.7 Å². The highest BCUT2D eigenvalue weighted by atomic mass is 16.5. The summed E-state index contributed by atoms with van der Waals surface area (Å²) in [5.74, 6) is -2.58. The molecule has 0 saturated carbocycles. The molecule has 24 heavy (non-hydrogen) atoms. The lowest BCUT2D eigenvalue weighted by atomic mass is 9.89. The summed E-state index contributed by atoms with van der Waals surface area (Å²) in [7, 11) is 0. The molecule has 0 saturated heterocycles. The third-order valence-corrected chi connectivity index (χ3v) is 4.03. The van der Waals surface area contributed by atoms with Gasteiger partial charge < -0.3 is 14.7 Å². The molecule has 1 amide bonds. The summed E-state index contributed by atoms with van der Waals surface area (Å²) in [6, 6.07) is 9.37. The third-order valence-electron chi connectivity index (χ3n) is 4.03. The number of nitrogens with zero attached hydrogens (tertiary/aromatic N) is 1. The van der Waals surface area contributed by atoms with Crippen molar-refractivity contribution in [1.29, 1.82) is 0 Å². The van der Waals surface area contributed by atoms with Crippen molar-refractivity contribution in [3.05, 3.63) is 47.2 Å². The standard InChI is InChI=1S/C18H21NO5/c1-3-24-18(23)15-9-14(10-16(20)21)17(22)19(12(15)2)11-13-7-5-4-6-8-13/h4-8,14H,3,9-11H2,1-2H3,(H,20,21). The van der Waals surface area contributed by atoms with Crippen LogP contribution in [0.4, 0.5) is 0 Å². The Morgan fingerprint density at radius 2 is 1.96 bits per heavy atom. The number of carboxylic acids is 1. The molecule has 0 radical (unpaired) electrons. The fourth-order valence-electron chi connectivity index (χ4n) is 2.81. The largest absolute Gasteiger partial charge is 0.481 e. The van der Waals surface area contributed by atoms with E-state index < -0.39 is 17.9 Å². The van der Waals surface area contributed by atoms with Gasteiger partial charge in [0.25, 0.3) is 0 Å². The van der Waals surface area contributed by atoms with Gasteiger partial charge in [0.1, 0.15) is 0 Å². The van der Waals surface area contributed by atoms with Gasteiger partial charge in [0.05, 0.1) is 31.1 Å². The molecule has 2 rings (SSSR count). The number of carboxylic acid groups (broad SMARTS) is 1. The lowest BCUT2D eigenvalue weighted by molar-refractivity contribution is -0.146. The summed E-state index contributed by atoms with van der Waals surface area (Å²) in [5, 5.41) is 9.05. The van der Waals surface area contributed by atoms with Crippen LogP contribution in [-0.4, -0.2) is 34.5 Å². The highest BCUT2D eigenvalue weighted by molar-refractivity contribution is 5.95. The molecule has 1 aliphatic heterocycles. The van der Waals surface area contributed by atoms with Gasteiger partial charge >= 0.3 is 11.9 Å². The van der Waals surface area contributed by atoms with E-state index in [-0.39, 0.29) is 25.4 Å². The van der Waals surface area contributed by atoms with Crippen LogP contribution in [0.25, 0.3) is 0 Å². The number of carbonyl (C=O) groups is 3. The summed E-state index contributed by atoms with van der Waals surface area (Å²) in [6.45, 7) is 3.93. The molecule has 1 atom stereocenters. The van der Waals surface area contributed by atoms with E-state index in [0.717, 1.165) is 5.56 Å². The zero-order valence-electron chi connectivity index (χ0n) is 13.8. The van der Waals surface area contributed by atoms with Crippen molar-refractivity contribution in [3.8, 4) is 0 Å². The van der Waals surface area contributed by atoms with Crippen LogP contribution in [0.3, 0.4) is 0 Å². The molecule has 0 aliphatic carbocycles. The molecular formula is C18H21NO5. The van der Waals surface area contributed by atoms with Crippen molar-refractivity contribution in [2.45, 2.75) is 33.2 Å². The number of amides is 1. The van der Waals surface area contributed by atoms with Gasteiger partial charge in [-0.05, 0) is 25.8 Å². The molecule has 1 unspecified atom stereocenters. The molecule has 0 spiro atoms. The molecule has 1 heterocycles. The number of ether oxygens (including phenoxy) is 1. The fraction of sp³-hybridized carbons (Fsp3) is 0.389. The van der Waals surface area contributed by atoms with Gasteiger partial charge in [-0.2, -0.15) is 0 Å². The number of rotatable bonds is 6. The van der Waals surface area contributed by atoms with E-state index in [2.05, 4.69) is 0 Å². The minimum Gasteiger partial charge on any atom is -0.481 e. The molecule has 1 aromatic carbocycles. The van der Waals surface area contributed by atoms with E-state index in [1.165, 1.54) is 4.90 Å². The van der Waals surface area contributed by atoms with Crippen LogP contribution < -0.4 is 0 Å². The molecule has 1 N–H and O–H groups in total. The SMILES string of the molecule is CCOC(=O)C1=C(C)N(Cc2ccccc2)C(=O)C(CC(=O)O)C1. The summed E-state index contributed by atoms with van der Waals surface area (Å²) >= 11 is 0. The van der Waals surface area contributed by atoms with Gasteiger partial charge in [-0.25, -0.2) is 4.79 Å². The molecule has 0 aromatic heterocycles. The van der Waals surface area contributed by atoms with Gasteiger partial charge in [0, 0.05) is 5.70 Å². The third kappa shape index (κ3) is 4.01. The number of allylic oxidation sites excluding steroid dienone is 1. The minimum absolute atomic E-state index is 0.0983. The Kier molecular flexibility index (Phi) is 5.73. The average Bonchev–Trinajstić information content (AvgIpc) is 2.55. The molecular weight excluding hydrogens is 310 g/mol. The quantitative estimate of drug-likeness (QED) is 0.809. The van der Waals surface area contributed by atoms with Crippen LogP contribution in [0.1, 0.15) is 32.3 Å². The Hall–Kier alpha value is -2.63. The highest BCUT2D eigenvalue weighted by Crippen LogP contribution is 2.31. The second-order valence-electron chi connectivity index (χ2n) is 5.69. The summed E-state index contributed by atoms with van der Waals surface area (Å²) in [4.78, 5) is 37.4. The van der Waals surface area contributed by atoms with Crippen LogP contribution in [0.2, 0.25) is 0 Å². The maximum absolute atomic E-state index is 12.7. The molecule has 0 fully saturated rings. The number of aliphatic carboxylic acids is 1. The zero-order valence-corrected chi connectivity index (χ0v) is 13.8. The number of esters is 1. The number of benzene rings is 1. The van der Waals surface area contributed by atoms with E-state index in [1.807, 2.05) is 30.3 Å². The van der Waals surface area contributed by atoms with E-state index in [9.17, 15) is 14.4 Å². The van der Waals surface area contributed by atoms with Crippen LogP contribution >= 0.6 is 0 Å². The first kappa shape index (κ1) is 17.7. The van der Waals surface area contributed by atoms with E-state index in [4.69, 9.17) is 9.84 Å². The molecule has 1 aliphatic rings. The topological polar surface area (TPSA) is 83.9 Å². The first-order chi connectivity index (χ1) is 11.4. The lowest BCUT2D eigenvalue weighted by Gasteiger charge is -2.34. The van der Waals surface area contributed by atoms with E-state index in [1.54, 1.807) is 13.8 Å². The molecule has 6 nitrogen and oxygen atoms in total. The molecule has 1 aromatic rings. The highest BCUT2D eigenvalue weighted by Gasteiger charge is 2.36. The average molecular weight is 331 g/mol. The Bertz CT molecular complexity index is 665. The molecule has 0 bridgehead atoms. The zero-order chi connectivity index (χ0) is 17.7. The number of hydrogen-bond donors (Lipinski definition) is 1. The van der Waals surface area contributed by atoms with Gasteiger partial charge in [-0.3, -0.25) is 9.59 Å². The first-order valence-corrected chi connectivity index (χ1v) is 7.88. The Balaban J connectivity index is 2.35. The van der Waals surface area contributed by atoms with Crippen molar-refractivity contribution in [3.63, 3.8) is 0 Å². The predicted molar refractivity (Wildman–Crippen MR) is 86.7 cm³/mol. The van der Waals surface area contributed by atoms with E-state index >= 15 is 0 Å². The first-order valence-electron chi connectivity index (χ1n) is 7.88. The summed E-state index contributed by atoms with van der Waals surface area (Å²) < 4.78 is 5.06. The normalized spacial score (nSPS) is 17.8. The van der Waals surface area contributed by atoms with Gasteiger partial charge in [0.2, 0.25) is 5.91 Å². The number of carbonyl (C=O) groups excluding carboxylic acids is 2. The maximum Gasteiger partial charge on any atom is 0.335 e. The van der Waals surface area contributed by atoms with Crippen molar-refractivity contribution >= 4 is 17.8 Å². The Morgan fingerprint density at radius 3 is 2.54 bits per heavy atom. The van der Waals surface area contributed by atoms with Crippen molar-refractivity contribution in [2.24, 2.45) is 5.92 Å². The monoisotopic (exact) mass is 331 g/mol. The Labute approximate surface area is 140 Å². The maximum atomic E-state index is 12.7. The fourth-order valence-corrected chi connectivity index (χ4v) is 2.81. The second-order valence-corrected chi connectivity index (χ2v) is 5.69. The minimum atomic E-state index is -1.06. The van der Waals surface area contributed by atoms with Crippen molar-refractivity contribution in [2.75, 3.05) is 6.61 Å². The lowest BCUT2D eigenvalue weighted by Crippen LogP contribution is -2.41. The van der Waals surface area contributed by atoms with Crippen LogP contribution in [0.5, 0.6) is 0 Å². The van der Waals surface area contributed by atoms with Gasteiger partial charge in [-0.1, -0.05) is 30.3 Å². The summed E-state index contributed by atoms with van der Waals surface area (Å²) in [5.41, 5.74) is 1.81. The van der Waals surface area contributed by atoms with Crippen LogP contribution in [0, 0.1) is 5.92 Å². The van der Waals surface area contributed by atoms with Crippen LogP contribution in [0.15, 0.2) is 41.6 Å². The second kappa shape index (κ2) is 7.77. The van der Waals surface area contributed by atoms with Gasteiger partial charge in [0.15, 0.2) is 0 Å². The van der Waals surface area contributed by atoms with Crippen molar-refractivity contribution in [1.82, 2.24) is 4.90 Å². The summed E-state index contributed by atoms with van der Waals surface area (Å²) in [6.07, 6.45) is -0.207. The Morgan fingerprint density at radius 1 is 1.29 bits per heavy atom. The predicted octanol–water partition coefficient (Wildman–Crippen LogP) is 2.35. The number of hydrogen-bond acceptors (Lipinski definition) is 4. The smallest absolute Gasteiger partial charge is 0.335 e. The van der Waals surface area contributed by atoms with E-state index in [0.29, 0.717) is 17.8 Å². The molecule has 6 heteroatoms. The van der Waals surface area contributed by atoms with Crippen molar-refractivity contribution < 1.29 is 24.2 Å². The molecule has 128 valence electrons.